The SMILES string of the molecule is CCNC(C)CC(=O)OCc1ccc(Br)cc1. The molecule has 1 aromatic carbocycles. The molecule has 0 fully saturated rings. The molecule has 0 aliphatic rings. The van der Waals surface area contributed by atoms with E-state index in [0.29, 0.717) is 13.0 Å². The number of esters is 1. The Kier molecular flexibility index (Phi) is 6.22. The van der Waals surface area contributed by atoms with Crippen LogP contribution in [0.3, 0.4) is 0 Å². The van der Waals surface area contributed by atoms with E-state index in [0.717, 1.165) is 16.6 Å². The molecule has 1 aromatic rings. The van der Waals surface area contributed by atoms with Crippen molar-refractivity contribution in [1.82, 2.24) is 5.32 Å². The second-order valence-corrected chi connectivity index (χ2v) is 4.87. The van der Waals surface area contributed by atoms with Crippen LogP contribution in [0.1, 0.15) is 25.8 Å². The lowest BCUT2D eigenvalue weighted by Crippen LogP contribution is -2.28. The van der Waals surface area contributed by atoms with Crippen LogP contribution in [-0.4, -0.2) is 18.6 Å². The van der Waals surface area contributed by atoms with Gasteiger partial charge in [-0.05, 0) is 31.2 Å². The predicted molar refractivity (Wildman–Crippen MR) is 71.7 cm³/mol. The zero-order chi connectivity index (χ0) is 12.7. The summed E-state index contributed by atoms with van der Waals surface area (Å²) in [4.78, 5) is 11.5. The summed E-state index contributed by atoms with van der Waals surface area (Å²) < 4.78 is 6.21. The van der Waals surface area contributed by atoms with Crippen molar-refractivity contribution in [3.8, 4) is 0 Å². The summed E-state index contributed by atoms with van der Waals surface area (Å²) in [5.74, 6) is -0.165. The molecule has 94 valence electrons. The second-order valence-electron chi connectivity index (χ2n) is 3.95. The maximum atomic E-state index is 11.5. The van der Waals surface area contributed by atoms with Crippen molar-refractivity contribution >= 4 is 21.9 Å². The molecule has 1 atom stereocenters. The van der Waals surface area contributed by atoms with E-state index in [9.17, 15) is 4.79 Å². The molecule has 1 rings (SSSR count). The minimum Gasteiger partial charge on any atom is -0.461 e. The van der Waals surface area contributed by atoms with Crippen molar-refractivity contribution < 1.29 is 9.53 Å². The van der Waals surface area contributed by atoms with Crippen LogP contribution in [-0.2, 0) is 16.1 Å². The fourth-order valence-corrected chi connectivity index (χ4v) is 1.74. The summed E-state index contributed by atoms with van der Waals surface area (Å²) >= 11 is 3.36. The van der Waals surface area contributed by atoms with Crippen molar-refractivity contribution in [2.45, 2.75) is 32.9 Å². The number of carbonyl (C=O) groups excluding carboxylic acids is 1. The number of benzene rings is 1. The zero-order valence-electron chi connectivity index (χ0n) is 10.2. The third-order valence-corrected chi connectivity index (χ3v) is 2.87. The van der Waals surface area contributed by atoms with E-state index < -0.39 is 0 Å². The highest BCUT2D eigenvalue weighted by Crippen LogP contribution is 2.11. The molecule has 1 unspecified atom stereocenters. The van der Waals surface area contributed by atoms with Crippen LogP contribution < -0.4 is 5.32 Å². The van der Waals surface area contributed by atoms with E-state index in [4.69, 9.17) is 4.74 Å². The number of carbonyl (C=O) groups is 1. The third-order valence-electron chi connectivity index (χ3n) is 2.34. The van der Waals surface area contributed by atoms with Crippen molar-refractivity contribution in [1.29, 1.82) is 0 Å². The Balaban J connectivity index is 2.30. The molecular weight excluding hydrogens is 282 g/mol. The first-order chi connectivity index (χ1) is 8.11. The predicted octanol–water partition coefficient (Wildman–Crippen LogP) is 2.88. The molecule has 3 nitrogen and oxygen atoms in total. The largest absolute Gasteiger partial charge is 0.461 e. The molecule has 0 spiro atoms. The first kappa shape index (κ1) is 14.2. The Morgan fingerprint density at radius 3 is 2.65 bits per heavy atom. The molecule has 0 bridgehead atoms. The standard InChI is InChI=1S/C13H18BrNO2/c1-3-15-10(2)8-13(16)17-9-11-4-6-12(14)7-5-11/h4-7,10,15H,3,8-9H2,1-2H3. The van der Waals surface area contributed by atoms with Gasteiger partial charge in [-0.2, -0.15) is 0 Å². The molecule has 0 radical (unpaired) electrons. The Labute approximate surface area is 111 Å². The second kappa shape index (κ2) is 7.45. The number of ether oxygens (including phenoxy) is 1. The quantitative estimate of drug-likeness (QED) is 0.821. The average molecular weight is 300 g/mol. The monoisotopic (exact) mass is 299 g/mol. The highest BCUT2D eigenvalue weighted by Gasteiger charge is 2.08. The van der Waals surface area contributed by atoms with Gasteiger partial charge in [0.05, 0.1) is 6.42 Å². The first-order valence-corrected chi connectivity index (χ1v) is 6.54. The van der Waals surface area contributed by atoms with Gasteiger partial charge in [-0.1, -0.05) is 35.0 Å². The van der Waals surface area contributed by atoms with Crippen molar-refractivity contribution in [3.05, 3.63) is 34.3 Å². The van der Waals surface area contributed by atoms with Crippen LogP contribution in [0.25, 0.3) is 0 Å². The molecule has 1 N–H and O–H groups in total. The van der Waals surface area contributed by atoms with Gasteiger partial charge in [0.25, 0.3) is 0 Å². The normalized spacial score (nSPS) is 12.2. The van der Waals surface area contributed by atoms with Gasteiger partial charge >= 0.3 is 5.97 Å². The van der Waals surface area contributed by atoms with Crippen LogP contribution >= 0.6 is 15.9 Å². The van der Waals surface area contributed by atoms with Gasteiger partial charge in [0, 0.05) is 10.5 Å². The summed E-state index contributed by atoms with van der Waals surface area (Å²) in [6.45, 7) is 5.19. The minimum atomic E-state index is -0.165. The molecule has 0 saturated carbocycles. The van der Waals surface area contributed by atoms with E-state index in [2.05, 4.69) is 21.2 Å². The number of nitrogens with one attached hydrogen (secondary N) is 1. The van der Waals surface area contributed by atoms with E-state index in [1.54, 1.807) is 0 Å². The lowest BCUT2D eigenvalue weighted by atomic mass is 10.2. The van der Waals surface area contributed by atoms with Gasteiger partial charge in [0.1, 0.15) is 6.61 Å². The van der Waals surface area contributed by atoms with Crippen LogP contribution in [0.2, 0.25) is 0 Å². The zero-order valence-corrected chi connectivity index (χ0v) is 11.8. The lowest BCUT2D eigenvalue weighted by molar-refractivity contribution is -0.145. The summed E-state index contributed by atoms with van der Waals surface area (Å²) in [5, 5.41) is 3.17. The molecule has 0 amide bonds. The Morgan fingerprint density at radius 2 is 2.06 bits per heavy atom. The number of rotatable bonds is 6. The van der Waals surface area contributed by atoms with Gasteiger partial charge in [-0.25, -0.2) is 0 Å². The molecule has 0 aliphatic heterocycles. The van der Waals surface area contributed by atoms with Gasteiger partial charge in [0.2, 0.25) is 0 Å². The van der Waals surface area contributed by atoms with Crippen LogP contribution in [0.15, 0.2) is 28.7 Å². The Bertz CT molecular complexity index is 351. The van der Waals surface area contributed by atoms with Crippen molar-refractivity contribution in [2.24, 2.45) is 0 Å². The van der Waals surface area contributed by atoms with Gasteiger partial charge in [-0.15, -0.1) is 0 Å². The molecule has 0 heterocycles. The van der Waals surface area contributed by atoms with E-state index >= 15 is 0 Å². The summed E-state index contributed by atoms with van der Waals surface area (Å²) in [7, 11) is 0. The van der Waals surface area contributed by atoms with Crippen LogP contribution in [0, 0.1) is 0 Å². The molecule has 0 saturated heterocycles. The fourth-order valence-electron chi connectivity index (χ4n) is 1.47. The van der Waals surface area contributed by atoms with Crippen LogP contribution in [0.5, 0.6) is 0 Å². The van der Waals surface area contributed by atoms with Gasteiger partial charge < -0.3 is 10.1 Å². The fraction of sp³-hybridized carbons (Fsp3) is 0.462. The maximum Gasteiger partial charge on any atom is 0.307 e. The van der Waals surface area contributed by atoms with Gasteiger partial charge in [-0.3, -0.25) is 4.79 Å². The number of halogens is 1. The van der Waals surface area contributed by atoms with Gasteiger partial charge in [0.15, 0.2) is 0 Å². The summed E-state index contributed by atoms with van der Waals surface area (Å²) in [6, 6.07) is 7.91. The van der Waals surface area contributed by atoms with Crippen molar-refractivity contribution in [2.75, 3.05) is 6.54 Å². The topological polar surface area (TPSA) is 38.3 Å². The van der Waals surface area contributed by atoms with E-state index in [1.165, 1.54) is 0 Å². The van der Waals surface area contributed by atoms with E-state index in [-0.39, 0.29) is 12.0 Å². The number of hydrogen-bond acceptors (Lipinski definition) is 3. The van der Waals surface area contributed by atoms with E-state index in [1.807, 2.05) is 38.1 Å². The lowest BCUT2D eigenvalue weighted by Gasteiger charge is -2.11. The average Bonchev–Trinajstić information content (AvgIpc) is 2.28. The highest BCUT2D eigenvalue weighted by atomic mass is 79.9. The summed E-state index contributed by atoms with van der Waals surface area (Å²) in [5.41, 5.74) is 0.998. The molecule has 17 heavy (non-hydrogen) atoms. The molecule has 4 heteroatoms. The maximum absolute atomic E-state index is 11.5. The third kappa shape index (κ3) is 5.84. The summed E-state index contributed by atoms with van der Waals surface area (Å²) in [6.07, 6.45) is 0.407. The first-order valence-electron chi connectivity index (χ1n) is 5.75. The minimum absolute atomic E-state index is 0.164. The highest BCUT2D eigenvalue weighted by molar-refractivity contribution is 9.10. The smallest absolute Gasteiger partial charge is 0.307 e. The van der Waals surface area contributed by atoms with Crippen molar-refractivity contribution in [3.63, 3.8) is 0 Å². The molecule has 0 aliphatic carbocycles. The Morgan fingerprint density at radius 1 is 1.41 bits per heavy atom. The van der Waals surface area contributed by atoms with Crippen LogP contribution in [0.4, 0.5) is 0 Å². The molecule has 0 aromatic heterocycles. The molecular formula is C13H18BrNO2. The Hall–Kier alpha value is -0.870. The number of hydrogen-bond donors (Lipinski definition) is 1.